The fourth-order valence-electron chi connectivity index (χ4n) is 0.0871. The Bertz CT molecular complexity index is 168. The van der Waals surface area contributed by atoms with Crippen LogP contribution < -0.4 is 5.73 Å². The summed E-state index contributed by atoms with van der Waals surface area (Å²) in [4.78, 5) is 10.4. The van der Waals surface area contributed by atoms with Crippen LogP contribution in [0.15, 0.2) is 0 Å². The molecular formula is C4H9NO. The smallest absolute Gasteiger partial charge is 0.217 e. The molecule has 0 saturated carbocycles. The summed E-state index contributed by atoms with van der Waals surface area (Å²) in [6.07, 6.45) is -5.28. The molecule has 2 N–H and O–H groups in total. The molecular weight excluding hydrogens is 78.0 g/mol. The minimum atomic E-state index is -2.77. The van der Waals surface area contributed by atoms with Gasteiger partial charge in [-0.3, -0.25) is 4.79 Å². The third kappa shape index (κ3) is 3.47. The summed E-state index contributed by atoms with van der Waals surface area (Å²) in [6.45, 7) is -0.830. The first-order valence-corrected chi connectivity index (χ1v) is 1.35. The highest BCUT2D eigenvalue weighted by atomic mass is 16.1. The van der Waals surface area contributed by atoms with E-state index in [0.717, 1.165) is 0 Å². The quantitative estimate of drug-likeness (QED) is 0.522. The van der Waals surface area contributed by atoms with E-state index in [1.165, 1.54) is 0 Å². The summed E-state index contributed by atoms with van der Waals surface area (Å²) >= 11 is 0. The van der Waals surface area contributed by atoms with Gasteiger partial charge in [-0.25, -0.2) is 0 Å². The van der Waals surface area contributed by atoms with Crippen molar-refractivity contribution in [3.8, 4) is 0 Å². The zero-order valence-electron chi connectivity index (χ0n) is 8.19. The van der Waals surface area contributed by atoms with Crippen molar-refractivity contribution in [2.24, 2.45) is 5.73 Å². The van der Waals surface area contributed by atoms with Gasteiger partial charge in [0.2, 0.25) is 5.91 Å². The van der Waals surface area contributed by atoms with Crippen molar-refractivity contribution in [1.82, 2.24) is 0 Å². The summed E-state index contributed by atoms with van der Waals surface area (Å²) in [5, 5.41) is 0. The van der Waals surface area contributed by atoms with Crippen molar-refractivity contribution in [3.63, 3.8) is 0 Å². The molecule has 0 atom stereocenters. The van der Waals surface area contributed by atoms with Gasteiger partial charge in [0, 0.05) is 13.2 Å². The molecule has 0 spiro atoms. The molecule has 1 amide bonds. The molecule has 0 bridgehead atoms. The average molecular weight is 92.2 g/mol. The molecule has 0 saturated heterocycles. The zero-order chi connectivity index (χ0) is 9.28. The van der Waals surface area contributed by atoms with Gasteiger partial charge in [-0.15, -0.1) is 0 Å². The SMILES string of the molecule is [2H]CC([2H])([2H])C([2H])([2H])C(N)=O. The van der Waals surface area contributed by atoms with Crippen LogP contribution in [0.3, 0.4) is 0 Å². The largest absolute Gasteiger partial charge is 0.370 e. The monoisotopic (exact) mass is 92.1 g/mol. The van der Waals surface area contributed by atoms with Crippen molar-refractivity contribution in [3.05, 3.63) is 0 Å². The molecule has 36 valence electrons. The lowest BCUT2D eigenvalue weighted by molar-refractivity contribution is -0.118. The number of carbonyl (C=O) groups excluding carboxylic acids is 1. The molecule has 0 aliphatic heterocycles. The summed E-state index contributed by atoms with van der Waals surface area (Å²) in [5.74, 6) is -1.38. The van der Waals surface area contributed by atoms with Gasteiger partial charge in [-0.2, -0.15) is 0 Å². The van der Waals surface area contributed by atoms with Crippen LogP contribution >= 0.6 is 0 Å². The number of nitrogens with two attached hydrogens (primary N) is 1. The van der Waals surface area contributed by atoms with Crippen molar-refractivity contribution < 1.29 is 11.6 Å². The van der Waals surface area contributed by atoms with E-state index in [1.807, 2.05) is 0 Å². The molecule has 0 unspecified atom stereocenters. The molecule has 0 heterocycles. The number of hydrogen-bond acceptors (Lipinski definition) is 1. The molecule has 0 aromatic rings. The van der Waals surface area contributed by atoms with Crippen LogP contribution in [-0.2, 0) is 4.79 Å². The minimum Gasteiger partial charge on any atom is -0.370 e. The highest BCUT2D eigenvalue weighted by Gasteiger charge is 1.84. The summed E-state index contributed by atoms with van der Waals surface area (Å²) in [7, 11) is 0. The fraction of sp³-hybridized carbons (Fsp3) is 0.750. The van der Waals surface area contributed by atoms with E-state index in [4.69, 9.17) is 6.85 Å². The Morgan fingerprint density at radius 3 is 3.17 bits per heavy atom. The number of amides is 1. The molecule has 2 nitrogen and oxygen atoms in total. The first kappa shape index (κ1) is 1.22. The number of hydrogen-bond donors (Lipinski definition) is 1. The normalized spacial score (nSPS) is 25.0. The van der Waals surface area contributed by atoms with Gasteiger partial charge in [0.15, 0.2) is 0 Å². The lowest BCUT2D eigenvalue weighted by Gasteiger charge is -1.81. The molecule has 6 heavy (non-hydrogen) atoms. The van der Waals surface area contributed by atoms with Crippen LogP contribution in [0.25, 0.3) is 0 Å². The van der Waals surface area contributed by atoms with Crippen molar-refractivity contribution in [2.75, 3.05) is 0 Å². The molecule has 0 fully saturated rings. The number of carbonyl (C=O) groups is 1. The van der Waals surface area contributed by atoms with Crippen LogP contribution in [-0.4, -0.2) is 5.91 Å². The Labute approximate surface area is 44.4 Å². The lowest BCUT2D eigenvalue weighted by atomic mass is 10.3. The van der Waals surface area contributed by atoms with Crippen molar-refractivity contribution >= 4 is 5.91 Å². The Morgan fingerprint density at radius 2 is 3.00 bits per heavy atom. The van der Waals surface area contributed by atoms with E-state index in [0.29, 0.717) is 0 Å². The maximum atomic E-state index is 10.4. The van der Waals surface area contributed by atoms with Gasteiger partial charge in [0.25, 0.3) is 0 Å². The van der Waals surface area contributed by atoms with Crippen LogP contribution in [0.5, 0.6) is 0 Å². The zero-order valence-corrected chi connectivity index (χ0v) is 3.19. The molecule has 0 aliphatic carbocycles. The highest BCUT2D eigenvalue weighted by Crippen LogP contribution is 1.79. The van der Waals surface area contributed by atoms with Crippen LogP contribution in [0, 0.1) is 0 Å². The molecule has 0 aromatic heterocycles. The van der Waals surface area contributed by atoms with Gasteiger partial charge in [0.1, 0.15) is 0 Å². The third-order valence-electron chi connectivity index (χ3n) is 0.212. The Kier molecular flexibility index (Phi) is 0.547. The molecule has 0 aliphatic rings. The molecule has 0 radical (unpaired) electrons. The van der Waals surface area contributed by atoms with Gasteiger partial charge < -0.3 is 5.73 Å². The summed E-state index contributed by atoms with van der Waals surface area (Å²) < 4.78 is 34.2. The lowest BCUT2D eigenvalue weighted by Crippen LogP contribution is -2.08. The van der Waals surface area contributed by atoms with Gasteiger partial charge in [-0.1, -0.05) is 6.90 Å². The first-order valence-electron chi connectivity index (χ1n) is 4.05. The second-order valence-electron chi connectivity index (χ2n) is 0.666. The maximum absolute atomic E-state index is 10.4. The standard InChI is InChI=1S/C4H9NO/c1-2-3-4(5)6/h2-3H2,1H3,(H2,5,6)/i1D,2D2,3D2. The summed E-state index contributed by atoms with van der Waals surface area (Å²) in [5.41, 5.74) is 4.59. The van der Waals surface area contributed by atoms with Gasteiger partial charge in [0.05, 0.1) is 0 Å². The second-order valence-corrected chi connectivity index (χ2v) is 0.666. The topological polar surface area (TPSA) is 43.1 Å². The summed E-state index contributed by atoms with van der Waals surface area (Å²) in [6, 6.07) is 0. The van der Waals surface area contributed by atoms with Crippen molar-refractivity contribution in [1.29, 1.82) is 0 Å². The first-order chi connectivity index (χ1) is 4.75. The van der Waals surface area contributed by atoms with E-state index in [1.54, 1.807) is 0 Å². The second kappa shape index (κ2) is 2.69. The third-order valence-corrected chi connectivity index (χ3v) is 0.212. The van der Waals surface area contributed by atoms with Crippen LogP contribution in [0.4, 0.5) is 0 Å². The van der Waals surface area contributed by atoms with E-state index >= 15 is 0 Å². The Balaban J connectivity index is 4.67. The minimum absolute atomic E-state index is 0.830. The number of rotatable bonds is 2. The molecule has 0 aromatic carbocycles. The van der Waals surface area contributed by atoms with Crippen molar-refractivity contribution in [2.45, 2.75) is 19.6 Å². The average Bonchev–Trinajstić information content (AvgIpc) is 1.87. The van der Waals surface area contributed by atoms with Gasteiger partial charge in [-0.05, 0) is 6.37 Å². The molecule has 0 rings (SSSR count). The van der Waals surface area contributed by atoms with Crippen LogP contribution in [0.1, 0.15) is 26.5 Å². The van der Waals surface area contributed by atoms with E-state index in [9.17, 15) is 4.79 Å². The van der Waals surface area contributed by atoms with Crippen LogP contribution in [0.2, 0.25) is 0 Å². The predicted octanol–water partition coefficient (Wildman–Crippen LogP) is 0.272. The Hall–Kier alpha value is -0.530. The van der Waals surface area contributed by atoms with Gasteiger partial charge >= 0.3 is 0 Å². The van der Waals surface area contributed by atoms with E-state index < -0.39 is 25.6 Å². The predicted molar refractivity (Wildman–Crippen MR) is 24.1 cm³/mol. The Morgan fingerprint density at radius 1 is 2.33 bits per heavy atom. The van der Waals surface area contributed by atoms with E-state index in [2.05, 4.69) is 5.73 Å². The highest BCUT2D eigenvalue weighted by molar-refractivity contribution is 5.73. The number of primary amides is 1. The maximum Gasteiger partial charge on any atom is 0.217 e. The molecule has 2 heteroatoms. The fourth-order valence-corrected chi connectivity index (χ4v) is 0.0871. The van der Waals surface area contributed by atoms with E-state index in [-0.39, 0.29) is 0 Å².